The summed E-state index contributed by atoms with van der Waals surface area (Å²) < 4.78 is 0.799. The number of carboxylic acids is 1. The lowest BCUT2D eigenvalue weighted by molar-refractivity contribution is -0.138. The van der Waals surface area contributed by atoms with E-state index in [1.54, 1.807) is 30.3 Å². The zero-order valence-corrected chi connectivity index (χ0v) is 12.1. The molecule has 0 bridgehead atoms. The van der Waals surface area contributed by atoms with Gasteiger partial charge >= 0.3 is 5.97 Å². The summed E-state index contributed by atoms with van der Waals surface area (Å²) in [5.74, 6) is -0.983. The van der Waals surface area contributed by atoms with Crippen LogP contribution in [0.1, 0.15) is 11.6 Å². The summed E-state index contributed by atoms with van der Waals surface area (Å²) in [5.41, 5.74) is 1.24. The average Bonchev–Trinajstić information content (AvgIpc) is 2.38. The average molecular weight is 341 g/mol. The molecule has 0 spiro atoms. The van der Waals surface area contributed by atoms with E-state index in [1.807, 2.05) is 18.2 Å². The highest BCUT2D eigenvalue weighted by atomic mass is 79.9. The zero-order chi connectivity index (χ0) is 13.8. The van der Waals surface area contributed by atoms with Gasteiger partial charge in [-0.05, 0) is 34.1 Å². The molecule has 2 rings (SSSR count). The molecule has 2 aromatic carbocycles. The van der Waals surface area contributed by atoms with E-state index in [2.05, 4.69) is 21.2 Å². The Labute approximate surface area is 124 Å². The molecule has 5 heteroatoms. The predicted molar refractivity (Wildman–Crippen MR) is 79.6 cm³/mol. The smallest absolute Gasteiger partial charge is 0.330 e. The molecule has 0 aromatic heterocycles. The zero-order valence-electron chi connectivity index (χ0n) is 9.81. The third kappa shape index (κ3) is 3.28. The largest absolute Gasteiger partial charge is 0.479 e. The Kier molecular flexibility index (Phi) is 4.45. The quantitative estimate of drug-likeness (QED) is 0.870. The standard InChI is InChI=1S/C14H11BrClNO2/c15-10-6-2-4-8-12(10)17-13(14(18)19)9-5-1-3-7-11(9)16/h1-8,13,17H,(H,18,19). The molecule has 0 saturated carbocycles. The Balaban J connectivity index is 2.35. The van der Waals surface area contributed by atoms with Gasteiger partial charge in [0.2, 0.25) is 0 Å². The highest BCUT2D eigenvalue weighted by Crippen LogP contribution is 2.29. The van der Waals surface area contributed by atoms with Crippen molar-refractivity contribution < 1.29 is 9.90 Å². The van der Waals surface area contributed by atoms with Crippen molar-refractivity contribution in [3.8, 4) is 0 Å². The van der Waals surface area contributed by atoms with Crippen LogP contribution in [0.2, 0.25) is 5.02 Å². The molecule has 0 radical (unpaired) electrons. The van der Waals surface area contributed by atoms with Gasteiger partial charge in [-0.1, -0.05) is 41.9 Å². The number of halogens is 2. The maximum absolute atomic E-state index is 11.4. The van der Waals surface area contributed by atoms with Crippen LogP contribution in [-0.4, -0.2) is 11.1 Å². The van der Waals surface area contributed by atoms with Crippen LogP contribution in [-0.2, 0) is 4.79 Å². The lowest BCUT2D eigenvalue weighted by Crippen LogP contribution is -2.21. The highest BCUT2D eigenvalue weighted by molar-refractivity contribution is 9.10. The van der Waals surface area contributed by atoms with Gasteiger partial charge < -0.3 is 10.4 Å². The molecular weight excluding hydrogens is 330 g/mol. The highest BCUT2D eigenvalue weighted by Gasteiger charge is 2.22. The van der Waals surface area contributed by atoms with Gasteiger partial charge in [0.1, 0.15) is 0 Å². The van der Waals surface area contributed by atoms with Crippen LogP contribution in [0.15, 0.2) is 53.0 Å². The van der Waals surface area contributed by atoms with Gasteiger partial charge in [0, 0.05) is 20.7 Å². The molecule has 2 aromatic rings. The second kappa shape index (κ2) is 6.08. The Hall–Kier alpha value is -1.52. The van der Waals surface area contributed by atoms with Gasteiger partial charge in [-0.25, -0.2) is 4.79 Å². The first-order chi connectivity index (χ1) is 9.09. The third-order valence-corrected chi connectivity index (χ3v) is 3.67. The van der Waals surface area contributed by atoms with Gasteiger partial charge in [0.25, 0.3) is 0 Å². The summed E-state index contributed by atoms with van der Waals surface area (Å²) in [6.07, 6.45) is 0. The van der Waals surface area contributed by atoms with Crippen molar-refractivity contribution in [1.82, 2.24) is 0 Å². The van der Waals surface area contributed by atoms with E-state index in [0.717, 1.165) is 4.47 Å². The number of carboxylic acid groups (broad SMARTS) is 1. The summed E-state index contributed by atoms with van der Waals surface area (Å²) in [4.78, 5) is 11.4. The van der Waals surface area contributed by atoms with Crippen molar-refractivity contribution in [1.29, 1.82) is 0 Å². The number of carbonyl (C=O) groups is 1. The topological polar surface area (TPSA) is 49.3 Å². The molecule has 98 valence electrons. The van der Waals surface area contributed by atoms with Crippen LogP contribution in [0, 0.1) is 0 Å². The number of hydrogen-bond donors (Lipinski definition) is 2. The number of benzene rings is 2. The molecule has 0 aliphatic carbocycles. The Morgan fingerprint density at radius 1 is 1.16 bits per heavy atom. The fourth-order valence-electron chi connectivity index (χ4n) is 1.72. The first-order valence-corrected chi connectivity index (χ1v) is 6.75. The van der Waals surface area contributed by atoms with E-state index >= 15 is 0 Å². The molecule has 0 aliphatic heterocycles. The van der Waals surface area contributed by atoms with Gasteiger partial charge in [-0.2, -0.15) is 0 Å². The predicted octanol–water partition coefficient (Wildman–Crippen LogP) is 4.34. The molecular formula is C14H11BrClNO2. The fourth-order valence-corrected chi connectivity index (χ4v) is 2.36. The molecule has 0 fully saturated rings. The van der Waals surface area contributed by atoms with Crippen molar-refractivity contribution >= 4 is 39.2 Å². The molecule has 0 amide bonds. The normalized spacial score (nSPS) is 11.9. The van der Waals surface area contributed by atoms with Crippen LogP contribution >= 0.6 is 27.5 Å². The van der Waals surface area contributed by atoms with E-state index < -0.39 is 12.0 Å². The van der Waals surface area contributed by atoms with Gasteiger partial charge in [-0.3, -0.25) is 0 Å². The van der Waals surface area contributed by atoms with Crippen LogP contribution in [0.5, 0.6) is 0 Å². The minimum absolute atomic E-state index is 0.425. The molecule has 1 atom stereocenters. The van der Waals surface area contributed by atoms with E-state index in [0.29, 0.717) is 16.3 Å². The molecule has 0 heterocycles. The summed E-state index contributed by atoms with van der Waals surface area (Å²) in [7, 11) is 0. The van der Waals surface area contributed by atoms with E-state index in [-0.39, 0.29) is 0 Å². The third-order valence-electron chi connectivity index (χ3n) is 2.64. The van der Waals surface area contributed by atoms with Crippen LogP contribution in [0.4, 0.5) is 5.69 Å². The van der Waals surface area contributed by atoms with Gasteiger partial charge in [-0.15, -0.1) is 0 Å². The molecule has 3 nitrogen and oxygen atoms in total. The second-order valence-corrected chi connectivity index (χ2v) is 5.18. The first kappa shape index (κ1) is 13.9. The number of aliphatic carboxylic acids is 1. The maximum atomic E-state index is 11.4. The molecule has 0 aliphatic rings. The van der Waals surface area contributed by atoms with E-state index in [4.69, 9.17) is 11.6 Å². The minimum Gasteiger partial charge on any atom is -0.479 e. The minimum atomic E-state index is -0.983. The van der Waals surface area contributed by atoms with Gasteiger partial charge in [0.05, 0.1) is 0 Å². The summed E-state index contributed by atoms with van der Waals surface area (Å²) in [6.45, 7) is 0. The molecule has 19 heavy (non-hydrogen) atoms. The van der Waals surface area contributed by atoms with Crippen molar-refractivity contribution in [3.63, 3.8) is 0 Å². The number of nitrogens with one attached hydrogen (secondary N) is 1. The number of para-hydroxylation sites is 1. The van der Waals surface area contributed by atoms with Crippen molar-refractivity contribution in [2.24, 2.45) is 0 Å². The second-order valence-electron chi connectivity index (χ2n) is 3.92. The van der Waals surface area contributed by atoms with Crippen molar-refractivity contribution in [3.05, 3.63) is 63.6 Å². The van der Waals surface area contributed by atoms with E-state index in [9.17, 15) is 9.90 Å². The Bertz CT molecular complexity index is 604. The maximum Gasteiger partial charge on any atom is 0.330 e. The lowest BCUT2D eigenvalue weighted by atomic mass is 10.1. The number of anilines is 1. The lowest BCUT2D eigenvalue weighted by Gasteiger charge is -2.18. The van der Waals surface area contributed by atoms with E-state index in [1.165, 1.54) is 0 Å². The fraction of sp³-hybridized carbons (Fsp3) is 0.0714. The summed E-state index contributed by atoms with van der Waals surface area (Å²) in [6, 6.07) is 13.3. The molecule has 2 N–H and O–H groups in total. The molecule has 0 saturated heterocycles. The monoisotopic (exact) mass is 339 g/mol. The number of rotatable bonds is 4. The van der Waals surface area contributed by atoms with Crippen LogP contribution in [0.3, 0.4) is 0 Å². The van der Waals surface area contributed by atoms with Crippen LogP contribution in [0.25, 0.3) is 0 Å². The number of hydrogen-bond acceptors (Lipinski definition) is 2. The Morgan fingerprint density at radius 3 is 2.42 bits per heavy atom. The SMILES string of the molecule is O=C(O)C(Nc1ccccc1Br)c1ccccc1Cl. The summed E-state index contributed by atoms with van der Waals surface area (Å²) >= 11 is 9.43. The summed E-state index contributed by atoms with van der Waals surface area (Å²) in [5, 5.41) is 12.8. The Morgan fingerprint density at radius 2 is 1.79 bits per heavy atom. The first-order valence-electron chi connectivity index (χ1n) is 5.58. The van der Waals surface area contributed by atoms with Gasteiger partial charge in [0.15, 0.2) is 6.04 Å². The van der Waals surface area contributed by atoms with Crippen molar-refractivity contribution in [2.45, 2.75) is 6.04 Å². The molecule has 1 unspecified atom stereocenters. The van der Waals surface area contributed by atoms with Crippen LogP contribution < -0.4 is 5.32 Å². The van der Waals surface area contributed by atoms with Crippen molar-refractivity contribution in [2.75, 3.05) is 5.32 Å².